The summed E-state index contributed by atoms with van der Waals surface area (Å²) < 4.78 is 71.4. The van der Waals surface area contributed by atoms with E-state index in [2.05, 4.69) is 4.74 Å². The number of halogens is 5. The SMILES string of the molecule is O=C(OC(CS(=O)(=O)O)C(F)(F)F)c1cc(Cl)ccc1Cl. The number of hydrogen-bond donors (Lipinski definition) is 1. The lowest BCUT2D eigenvalue weighted by Crippen LogP contribution is -2.39. The van der Waals surface area contributed by atoms with Crippen LogP contribution in [0.2, 0.25) is 10.0 Å². The van der Waals surface area contributed by atoms with Gasteiger partial charge in [-0.15, -0.1) is 0 Å². The van der Waals surface area contributed by atoms with Crippen LogP contribution in [-0.4, -0.2) is 37.0 Å². The topological polar surface area (TPSA) is 80.7 Å². The summed E-state index contributed by atoms with van der Waals surface area (Å²) in [7, 11) is -5.01. The van der Waals surface area contributed by atoms with Gasteiger partial charge in [-0.1, -0.05) is 23.2 Å². The number of carbonyl (C=O) groups is 1. The third-order valence-electron chi connectivity index (χ3n) is 2.12. The Labute approximate surface area is 127 Å². The molecule has 5 nitrogen and oxygen atoms in total. The summed E-state index contributed by atoms with van der Waals surface area (Å²) in [6, 6.07) is 3.42. The molecule has 0 saturated heterocycles. The lowest BCUT2D eigenvalue weighted by molar-refractivity contribution is -0.197. The first-order valence-electron chi connectivity index (χ1n) is 5.08. The van der Waals surface area contributed by atoms with Gasteiger partial charge in [-0.3, -0.25) is 4.55 Å². The minimum Gasteiger partial charge on any atom is -0.448 e. The molecule has 118 valence electrons. The number of hydrogen-bond acceptors (Lipinski definition) is 4. The summed E-state index contributed by atoms with van der Waals surface area (Å²) in [6.07, 6.45) is -8.22. The molecule has 1 N–H and O–H groups in total. The van der Waals surface area contributed by atoms with Crippen LogP contribution in [0.25, 0.3) is 0 Å². The largest absolute Gasteiger partial charge is 0.448 e. The second kappa shape index (κ2) is 6.39. The summed E-state index contributed by atoms with van der Waals surface area (Å²) in [5.41, 5.74) is -0.464. The smallest absolute Gasteiger partial charge is 0.426 e. The molecule has 0 saturated carbocycles. The Morgan fingerprint density at radius 1 is 1.33 bits per heavy atom. The number of carbonyl (C=O) groups excluding carboxylic acids is 1. The molecule has 0 aliphatic rings. The molecule has 0 fully saturated rings. The Hall–Kier alpha value is -1.03. The number of benzene rings is 1. The number of alkyl halides is 3. The Morgan fingerprint density at radius 2 is 1.90 bits per heavy atom. The van der Waals surface area contributed by atoms with E-state index in [1.807, 2.05) is 0 Å². The molecule has 0 heterocycles. The monoisotopic (exact) mass is 366 g/mol. The van der Waals surface area contributed by atoms with Gasteiger partial charge in [0.25, 0.3) is 10.1 Å². The van der Waals surface area contributed by atoms with Crippen LogP contribution in [0.3, 0.4) is 0 Å². The molecule has 0 spiro atoms. The fraction of sp³-hybridized carbons (Fsp3) is 0.300. The van der Waals surface area contributed by atoms with E-state index in [9.17, 15) is 26.4 Å². The molecule has 1 aromatic carbocycles. The standard InChI is InChI=1S/C10H7Cl2F3O5S/c11-5-1-2-7(12)6(3-5)9(16)20-8(10(13,14)15)4-21(17,18)19/h1-3,8H,4H2,(H,17,18,19). The van der Waals surface area contributed by atoms with Crippen LogP contribution >= 0.6 is 23.2 Å². The number of esters is 1. The lowest BCUT2D eigenvalue weighted by Gasteiger charge is -2.19. The van der Waals surface area contributed by atoms with Crippen molar-refractivity contribution in [3.63, 3.8) is 0 Å². The number of ether oxygens (including phenoxy) is 1. The third-order valence-corrected chi connectivity index (χ3v) is 3.41. The zero-order valence-electron chi connectivity index (χ0n) is 9.89. The van der Waals surface area contributed by atoms with Crippen molar-refractivity contribution >= 4 is 39.3 Å². The van der Waals surface area contributed by atoms with Gasteiger partial charge in [-0.05, 0) is 18.2 Å². The molecule has 0 aromatic heterocycles. The Kier molecular flexibility index (Phi) is 5.48. The predicted octanol–water partition coefficient (Wildman–Crippen LogP) is 2.97. The van der Waals surface area contributed by atoms with Crippen LogP contribution in [0.4, 0.5) is 13.2 Å². The molecule has 1 unspecified atom stereocenters. The van der Waals surface area contributed by atoms with Crippen LogP contribution in [-0.2, 0) is 14.9 Å². The Balaban J connectivity index is 3.03. The zero-order chi connectivity index (χ0) is 16.4. The van der Waals surface area contributed by atoms with E-state index in [0.717, 1.165) is 12.1 Å². The normalized spacial score (nSPS) is 13.8. The van der Waals surface area contributed by atoms with Gasteiger partial charge in [-0.2, -0.15) is 21.6 Å². The summed E-state index contributed by atoms with van der Waals surface area (Å²) in [4.78, 5) is 11.6. The van der Waals surface area contributed by atoms with Gasteiger partial charge in [0.1, 0.15) is 5.75 Å². The van der Waals surface area contributed by atoms with Crippen molar-refractivity contribution in [2.24, 2.45) is 0 Å². The lowest BCUT2D eigenvalue weighted by atomic mass is 10.2. The second-order valence-corrected chi connectivity index (χ2v) is 6.15. The molecular weight excluding hydrogens is 360 g/mol. The minimum absolute atomic E-state index is 0.0182. The highest BCUT2D eigenvalue weighted by atomic mass is 35.5. The van der Waals surface area contributed by atoms with Crippen molar-refractivity contribution in [2.45, 2.75) is 12.3 Å². The maximum Gasteiger partial charge on any atom is 0.426 e. The first-order chi connectivity index (χ1) is 9.40. The highest BCUT2D eigenvalue weighted by Gasteiger charge is 2.45. The summed E-state index contributed by atoms with van der Waals surface area (Å²) in [5.74, 6) is -3.34. The first kappa shape index (κ1) is 18.0. The van der Waals surface area contributed by atoms with Crippen molar-refractivity contribution in [3.8, 4) is 0 Å². The molecule has 0 aliphatic heterocycles. The molecular formula is C10H7Cl2F3O5S. The number of rotatable bonds is 4. The van der Waals surface area contributed by atoms with Gasteiger partial charge >= 0.3 is 12.1 Å². The minimum atomic E-state index is -5.18. The second-order valence-electron chi connectivity index (χ2n) is 3.81. The molecule has 0 bridgehead atoms. The third kappa shape index (κ3) is 5.70. The predicted molar refractivity (Wildman–Crippen MR) is 68.1 cm³/mol. The van der Waals surface area contributed by atoms with Crippen molar-refractivity contribution in [3.05, 3.63) is 33.8 Å². The first-order valence-corrected chi connectivity index (χ1v) is 7.44. The van der Waals surface area contributed by atoms with Crippen molar-refractivity contribution in [1.29, 1.82) is 0 Å². The molecule has 1 rings (SSSR count). The van der Waals surface area contributed by atoms with E-state index >= 15 is 0 Å². The molecule has 0 radical (unpaired) electrons. The summed E-state index contributed by atoms with van der Waals surface area (Å²) >= 11 is 11.2. The van der Waals surface area contributed by atoms with E-state index in [-0.39, 0.29) is 10.0 Å². The average molecular weight is 367 g/mol. The molecule has 21 heavy (non-hydrogen) atoms. The van der Waals surface area contributed by atoms with Gasteiger partial charge in [0, 0.05) is 5.02 Å². The van der Waals surface area contributed by atoms with E-state index in [0.29, 0.717) is 0 Å². The van der Waals surface area contributed by atoms with E-state index in [4.69, 9.17) is 27.8 Å². The maximum absolute atomic E-state index is 12.6. The van der Waals surface area contributed by atoms with Crippen LogP contribution in [0.1, 0.15) is 10.4 Å². The molecule has 11 heteroatoms. The molecule has 0 aliphatic carbocycles. The highest BCUT2D eigenvalue weighted by Crippen LogP contribution is 2.27. The van der Waals surface area contributed by atoms with Gasteiger partial charge in [0.2, 0.25) is 6.10 Å². The van der Waals surface area contributed by atoms with Crippen LogP contribution in [0.15, 0.2) is 18.2 Å². The van der Waals surface area contributed by atoms with E-state index in [1.165, 1.54) is 6.07 Å². The van der Waals surface area contributed by atoms with Gasteiger partial charge in [0.05, 0.1) is 10.6 Å². The maximum atomic E-state index is 12.6. The van der Waals surface area contributed by atoms with Crippen LogP contribution in [0.5, 0.6) is 0 Å². The van der Waals surface area contributed by atoms with E-state index in [1.54, 1.807) is 0 Å². The fourth-order valence-corrected chi connectivity index (χ4v) is 2.24. The van der Waals surface area contributed by atoms with Crippen LogP contribution < -0.4 is 0 Å². The fourth-order valence-electron chi connectivity index (χ4n) is 1.23. The van der Waals surface area contributed by atoms with Crippen LogP contribution in [0, 0.1) is 0 Å². The zero-order valence-corrected chi connectivity index (χ0v) is 12.2. The Bertz CT molecular complexity index is 645. The van der Waals surface area contributed by atoms with Gasteiger partial charge in [-0.25, -0.2) is 4.79 Å². The van der Waals surface area contributed by atoms with Crippen molar-refractivity contribution in [1.82, 2.24) is 0 Å². The van der Waals surface area contributed by atoms with E-state index < -0.39 is 39.7 Å². The molecule has 1 atom stereocenters. The van der Waals surface area contributed by atoms with Gasteiger partial charge < -0.3 is 4.74 Å². The average Bonchev–Trinajstić information content (AvgIpc) is 2.28. The summed E-state index contributed by atoms with van der Waals surface area (Å²) in [6.45, 7) is 0. The van der Waals surface area contributed by atoms with Gasteiger partial charge in [0.15, 0.2) is 0 Å². The Morgan fingerprint density at radius 3 is 2.38 bits per heavy atom. The van der Waals surface area contributed by atoms with Crippen molar-refractivity contribution in [2.75, 3.05) is 5.75 Å². The highest BCUT2D eigenvalue weighted by molar-refractivity contribution is 7.85. The molecule has 0 amide bonds. The summed E-state index contributed by atoms with van der Waals surface area (Å²) in [5, 5.41) is -0.207. The molecule has 1 aromatic rings. The van der Waals surface area contributed by atoms with Crippen molar-refractivity contribution < 1.29 is 35.7 Å². The quantitative estimate of drug-likeness (QED) is 0.654.